The van der Waals surface area contributed by atoms with E-state index in [4.69, 9.17) is 14.2 Å². The van der Waals surface area contributed by atoms with Gasteiger partial charge in [0.25, 0.3) is 0 Å². The number of rotatable bonds is 17. The van der Waals surface area contributed by atoms with Gasteiger partial charge in [-0.15, -0.1) is 10.6 Å². The molecule has 3 rings (SSSR count). The number of ether oxygens (including phenoxy) is 3. The minimum atomic E-state index is -1.64. The van der Waals surface area contributed by atoms with Crippen LogP contribution < -0.4 is 21.3 Å². The number of amides is 4. The molecule has 52 heavy (non-hydrogen) atoms. The third kappa shape index (κ3) is 15.7. The van der Waals surface area contributed by atoms with Crippen LogP contribution in [0, 0.1) is 11.5 Å². The van der Waals surface area contributed by atoms with E-state index in [1.807, 2.05) is 36.4 Å². The molecule has 0 aliphatic rings. The van der Waals surface area contributed by atoms with Crippen molar-refractivity contribution in [3.63, 3.8) is 0 Å². The number of nitrogens with zero attached hydrogens (tertiary/aromatic N) is 3. The predicted molar refractivity (Wildman–Crippen MR) is 189 cm³/mol. The van der Waals surface area contributed by atoms with Gasteiger partial charge in [0.1, 0.15) is 45.5 Å². The van der Waals surface area contributed by atoms with Crippen LogP contribution in [0.3, 0.4) is 0 Å². The number of alkyl carbamates (subject to hydrolysis) is 1. The van der Waals surface area contributed by atoms with Crippen molar-refractivity contribution in [1.29, 1.82) is 0 Å². The number of esters is 2. The van der Waals surface area contributed by atoms with Crippen LogP contribution in [0.15, 0.2) is 66.9 Å². The van der Waals surface area contributed by atoms with E-state index in [1.54, 1.807) is 24.3 Å². The highest BCUT2D eigenvalue weighted by Gasteiger charge is 2.24. The molecule has 4 N–H and O–H groups in total. The molecule has 3 aromatic rings. The molecule has 0 fully saturated rings. The van der Waals surface area contributed by atoms with Gasteiger partial charge in [-0.1, -0.05) is 91.4 Å². The summed E-state index contributed by atoms with van der Waals surface area (Å²) >= 11 is 0. The van der Waals surface area contributed by atoms with Gasteiger partial charge < -0.3 is 35.5 Å². The molecule has 17 heteroatoms. The Morgan fingerprint density at radius 2 is 1.44 bits per heavy atom. The largest absolute Gasteiger partial charge is 0.467 e. The summed E-state index contributed by atoms with van der Waals surface area (Å²) in [6.07, 6.45) is 0.927. The number of hydrogen-bond acceptors (Lipinski definition) is 11. The molecule has 0 bridgehead atoms. The van der Waals surface area contributed by atoms with E-state index in [2.05, 4.69) is 62.7 Å². The Hall–Kier alpha value is -6.02. The minimum absolute atomic E-state index is 0.127. The van der Waals surface area contributed by atoms with E-state index in [0.717, 1.165) is 11.1 Å². The molecule has 16 nitrogen and oxygen atoms in total. The second-order valence-electron chi connectivity index (χ2n) is 12.4. The molecule has 0 aliphatic heterocycles. The fourth-order valence-electron chi connectivity index (χ4n) is 4.43. The second-order valence-corrected chi connectivity index (χ2v) is 17.2. The summed E-state index contributed by atoms with van der Waals surface area (Å²) in [6.45, 7) is 4.50. The Kier molecular flexibility index (Phi) is 16.0. The molecule has 0 aliphatic carbocycles. The molecule has 0 radical (unpaired) electrons. The number of nitrogens with one attached hydrogen (secondary N) is 4. The van der Waals surface area contributed by atoms with E-state index in [0.29, 0.717) is 0 Å². The SMILES string of the molecule is COC(=O)[C@H](Cc1ccccc1)NC(=O)Cn1cc(COC(=O)CNC(=O)CNC(=O)[C@H](Cc2ccccc2)NC(=O)OCC#C[Si](C)(C)C)nn1. The van der Waals surface area contributed by atoms with Crippen LogP contribution in [0.4, 0.5) is 4.79 Å². The standard InChI is InChI=1S/C35H43N7O9Si/c1-49-34(47)29(19-26-14-9-6-10-15-26)38-31(44)23-42-22-27(40-41-42)24-51-32(45)21-36-30(43)20-37-33(46)28(18-25-12-7-5-8-13-25)39-35(48)50-16-11-17-52(2,3)4/h5-10,12-15,22,28-29H,16,18-21,23-24H2,1-4H3,(H,36,43)(H,37,46)(H,38,44)(H,39,48)/t28-,29-/m0/s1. The summed E-state index contributed by atoms with van der Waals surface area (Å²) in [6, 6.07) is 16.1. The normalized spacial score (nSPS) is 11.8. The Bertz CT molecular complexity index is 1740. The molecule has 276 valence electrons. The van der Waals surface area contributed by atoms with Crippen molar-refractivity contribution < 1.29 is 43.0 Å². The van der Waals surface area contributed by atoms with Gasteiger partial charge in [0, 0.05) is 12.8 Å². The van der Waals surface area contributed by atoms with Gasteiger partial charge in [-0.2, -0.15) is 0 Å². The molecule has 0 saturated carbocycles. The van der Waals surface area contributed by atoms with E-state index < -0.39 is 69.0 Å². The third-order valence-electron chi connectivity index (χ3n) is 6.86. The van der Waals surface area contributed by atoms with Crippen molar-refractivity contribution in [3.8, 4) is 11.5 Å². The number of carbonyl (C=O) groups is 6. The number of aromatic nitrogens is 3. The van der Waals surface area contributed by atoms with Gasteiger partial charge in [0.05, 0.1) is 19.9 Å². The summed E-state index contributed by atoms with van der Waals surface area (Å²) in [7, 11) is -0.407. The fraction of sp³-hybridized carbons (Fsp3) is 0.371. The number of hydrogen-bond donors (Lipinski definition) is 4. The lowest BCUT2D eigenvalue weighted by molar-refractivity contribution is -0.145. The molecular weight excluding hydrogens is 691 g/mol. The van der Waals surface area contributed by atoms with E-state index in [1.165, 1.54) is 18.0 Å². The lowest BCUT2D eigenvalue weighted by atomic mass is 10.1. The second kappa shape index (κ2) is 20.6. The van der Waals surface area contributed by atoms with Gasteiger partial charge in [-0.3, -0.25) is 19.2 Å². The van der Waals surface area contributed by atoms with Gasteiger partial charge >= 0.3 is 18.0 Å². The monoisotopic (exact) mass is 733 g/mol. The molecule has 2 atom stereocenters. The number of carbonyl (C=O) groups excluding carboxylic acids is 6. The maximum absolute atomic E-state index is 13.0. The zero-order valence-corrected chi connectivity index (χ0v) is 30.5. The van der Waals surface area contributed by atoms with Crippen LogP contribution in [0.2, 0.25) is 19.6 Å². The van der Waals surface area contributed by atoms with Gasteiger partial charge in [0.2, 0.25) is 17.7 Å². The molecule has 0 spiro atoms. The zero-order valence-electron chi connectivity index (χ0n) is 29.5. The molecule has 0 unspecified atom stereocenters. The van der Waals surface area contributed by atoms with Crippen molar-refractivity contribution in [1.82, 2.24) is 36.3 Å². The van der Waals surface area contributed by atoms with E-state index in [9.17, 15) is 28.8 Å². The van der Waals surface area contributed by atoms with Crippen molar-refractivity contribution in [3.05, 3.63) is 83.7 Å². The molecule has 4 amide bonds. The Morgan fingerprint density at radius 3 is 2.06 bits per heavy atom. The van der Waals surface area contributed by atoms with Crippen LogP contribution in [0.1, 0.15) is 16.8 Å². The van der Waals surface area contributed by atoms with Crippen LogP contribution in [0.5, 0.6) is 0 Å². The van der Waals surface area contributed by atoms with Gasteiger partial charge in [-0.25, -0.2) is 14.3 Å². The fourth-order valence-corrected chi connectivity index (χ4v) is 5.03. The summed E-state index contributed by atoms with van der Waals surface area (Å²) in [4.78, 5) is 74.8. The maximum atomic E-state index is 13.0. The lowest BCUT2D eigenvalue weighted by Gasteiger charge is -2.18. The highest BCUT2D eigenvalue weighted by molar-refractivity contribution is 6.83. The van der Waals surface area contributed by atoms with Crippen molar-refractivity contribution >= 4 is 43.8 Å². The van der Waals surface area contributed by atoms with Crippen LogP contribution in [0.25, 0.3) is 0 Å². The Labute approximate surface area is 302 Å². The summed E-state index contributed by atoms with van der Waals surface area (Å²) in [5, 5.41) is 17.6. The smallest absolute Gasteiger partial charge is 0.408 e. The Morgan fingerprint density at radius 1 is 0.808 bits per heavy atom. The first-order chi connectivity index (χ1) is 24.8. The van der Waals surface area contributed by atoms with Crippen molar-refractivity contribution in [2.75, 3.05) is 26.8 Å². The lowest BCUT2D eigenvalue weighted by Crippen LogP contribution is -2.50. The molecule has 0 saturated heterocycles. The molecule has 2 aromatic carbocycles. The first kappa shape index (κ1) is 40.4. The van der Waals surface area contributed by atoms with Crippen molar-refractivity contribution in [2.24, 2.45) is 0 Å². The number of methoxy groups -OCH3 is 1. The van der Waals surface area contributed by atoms with E-state index in [-0.39, 0.29) is 38.3 Å². The summed E-state index contributed by atoms with van der Waals surface area (Å²) in [5.74, 6) is -0.407. The highest BCUT2D eigenvalue weighted by atomic mass is 28.3. The first-order valence-corrected chi connectivity index (χ1v) is 19.8. The van der Waals surface area contributed by atoms with E-state index >= 15 is 0 Å². The quantitative estimate of drug-likeness (QED) is 0.0656. The van der Waals surface area contributed by atoms with Crippen LogP contribution in [-0.4, -0.2) is 97.7 Å². The average molecular weight is 734 g/mol. The van der Waals surface area contributed by atoms with Crippen molar-refractivity contribution in [2.45, 2.75) is 57.7 Å². The summed E-state index contributed by atoms with van der Waals surface area (Å²) in [5.41, 5.74) is 4.91. The third-order valence-corrected chi connectivity index (χ3v) is 7.79. The highest BCUT2D eigenvalue weighted by Crippen LogP contribution is 2.06. The maximum Gasteiger partial charge on any atom is 0.408 e. The van der Waals surface area contributed by atoms with Gasteiger partial charge in [-0.05, 0) is 11.1 Å². The molecule has 1 aromatic heterocycles. The van der Waals surface area contributed by atoms with Crippen LogP contribution >= 0.6 is 0 Å². The van der Waals surface area contributed by atoms with Gasteiger partial charge in [0.15, 0.2) is 6.61 Å². The Balaban J connectivity index is 1.41. The predicted octanol–water partition coefficient (Wildman–Crippen LogP) is 0.673. The molecule has 1 heterocycles. The van der Waals surface area contributed by atoms with Crippen LogP contribution in [-0.2, 0) is 64.2 Å². The topological polar surface area (TPSA) is 209 Å². The zero-order chi connectivity index (χ0) is 37.9. The average Bonchev–Trinajstić information content (AvgIpc) is 3.57. The first-order valence-electron chi connectivity index (χ1n) is 16.3. The summed E-state index contributed by atoms with van der Waals surface area (Å²) < 4.78 is 16.3. The number of benzene rings is 2. The minimum Gasteiger partial charge on any atom is -0.467 e. The molecular formula is C35H43N7O9Si.